The molecule has 0 saturated heterocycles. The number of amides is 1. The molecule has 112 valence electrons. The molecular formula is C14H21NO4S. The van der Waals surface area contributed by atoms with Gasteiger partial charge >= 0.3 is 5.97 Å². The predicted octanol–water partition coefficient (Wildman–Crippen LogP) is 1.92. The minimum atomic E-state index is -1.09. The van der Waals surface area contributed by atoms with Gasteiger partial charge in [-0.25, -0.2) is 0 Å². The number of aliphatic carboxylic acids is 1. The Labute approximate surface area is 123 Å². The van der Waals surface area contributed by atoms with Gasteiger partial charge in [0.2, 0.25) is 0 Å². The van der Waals surface area contributed by atoms with Crippen molar-refractivity contribution in [1.29, 1.82) is 0 Å². The third-order valence-electron chi connectivity index (χ3n) is 3.19. The lowest BCUT2D eigenvalue weighted by molar-refractivity contribution is -0.137. The third-order valence-corrected chi connectivity index (χ3v) is 4.13. The maximum absolute atomic E-state index is 12.6. The van der Waals surface area contributed by atoms with Crippen LogP contribution < -0.4 is 0 Å². The summed E-state index contributed by atoms with van der Waals surface area (Å²) < 4.78 is 0. The van der Waals surface area contributed by atoms with Gasteiger partial charge in [-0.05, 0) is 13.2 Å². The minimum absolute atomic E-state index is 0.138. The third kappa shape index (κ3) is 3.06. The lowest BCUT2D eigenvalue weighted by Crippen LogP contribution is -2.36. The van der Waals surface area contributed by atoms with Crippen LogP contribution in [0.1, 0.15) is 34.1 Å². The van der Waals surface area contributed by atoms with Gasteiger partial charge < -0.3 is 10.0 Å². The summed E-state index contributed by atoms with van der Waals surface area (Å²) in [4.78, 5) is 37.5. The van der Waals surface area contributed by atoms with Crippen LogP contribution in [0.3, 0.4) is 0 Å². The van der Waals surface area contributed by atoms with Crippen molar-refractivity contribution in [2.75, 3.05) is 12.8 Å². The summed E-state index contributed by atoms with van der Waals surface area (Å²) in [5, 5.41) is 8.61. The first-order valence-corrected chi connectivity index (χ1v) is 7.77. The molecule has 0 aliphatic carbocycles. The van der Waals surface area contributed by atoms with Crippen molar-refractivity contribution in [3.05, 3.63) is 11.1 Å². The molecule has 0 saturated carbocycles. The zero-order chi connectivity index (χ0) is 15.7. The summed E-state index contributed by atoms with van der Waals surface area (Å²) in [5.41, 5.74) is -0.144. The summed E-state index contributed by atoms with van der Waals surface area (Å²) in [5.74, 6) is -1.58. The van der Waals surface area contributed by atoms with Crippen molar-refractivity contribution >= 4 is 29.4 Å². The maximum atomic E-state index is 12.6. The van der Waals surface area contributed by atoms with E-state index in [1.165, 1.54) is 11.8 Å². The van der Waals surface area contributed by atoms with Crippen LogP contribution in [0.25, 0.3) is 0 Å². The molecule has 0 fully saturated rings. The number of hydrogen-bond donors (Lipinski definition) is 1. The van der Waals surface area contributed by atoms with Gasteiger partial charge in [0, 0.05) is 23.1 Å². The van der Waals surface area contributed by atoms with Crippen LogP contribution in [0.2, 0.25) is 0 Å². The average molecular weight is 299 g/mol. The van der Waals surface area contributed by atoms with Crippen LogP contribution in [0.5, 0.6) is 0 Å². The van der Waals surface area contributed by atoms with Crippen molar-refractivity contribution in [3.63, 3.8) is 0 Å². The predicted molar refractivity (Wildman–Crippen MR) is 78.4 cm³/mol. The molecule has 1 rings (SSSR count). The highest BCUT2D eigenvalue weighted by molar-refractivity contribution is 7.99. The SMILES string of the molecule is CCN1C(=O)C(CC(=O)O)=C(C(=O)C(C)(C)C)C1SC. The summed E-state index contributed by atoms with van der Waals surface area (Å²) in [7, 11) is 0. The Hall–Kier alpha value is -1.30. The van der Waals surface area contributed by atoms with Crippen LogP contribution in [0.4, 0.5) is 0 Å². The highest BCUT2D eigenvalue weighted by Gasteiger charge is 2.44. The van der Waals surface area contributed by atoms with Crippen LogP contribution in [0, 0.1) is 5.41 Å². The quantitative estimate of drug-likeness (QED) is 0.839. The first kappa shape index (κ1) is 16.8. The molecule has 1 N–H and O–H groups in total. The van der Waals surface area contributed by atoms with E-state index in [1.54, 1.807) is 25.7 Å². The smallest absolute Gasteiger partial charge is 0.308 e. The second-order valence-electron chi connectivity index (χ2n) is 5.72. The summed E-state index contributed by atoms with van der Waals surface area (Å²) in [6.45, 7) is 7.60. The van der Waals surface area contributed by atoms with E-state index in [2.05, 4.69) is 0 Å². The van der Waals surface area contributed by atoms with Crippen molar-refractivity contribution in [1.82, 2.24) is 4.90 Å². The van der Waals surface area contributed by atoms with E-state index < -0.39 is 17.8 Å². The first-order valence-electron chi connectivity index (χ1n) is 6.48. The number of nitrogens with zero attached hydrogens (tertiary/aromatic N) is 1. The van der Waals surface area contributed by atoms with Crippen molar-refractivity contribution < 1.29 is 19.5 Å². The van der Waals surface area contributed by atoms with Gasteiger partial charge in [-0.15, -0.1) is 11.8 Å². The van der Waals surface area contributed by atoms with Gasteiger partial charge in [0.05, 0.1) is 6.42 Å². The van der Waals surface area contributed by atoms with E-state index in [4.69, 9.17) is 5.11 Å². The molecule has 0 bridgehead atoms. The molecule has 1 aliphatic rings. The minimum Gasteiger partial charge on any atom is -0.481 e. The van der Waals surface area contributed by atoms with Crippen LogP contribution >= 0.6 is 11.8 Å². The highest BCUT2D eigenvalue weighted by atomic mass is 32.2. The second-order valence-corrected chi connectivity index (χ2v) is 6.64. The Balaban J connectivity index is 3.39. The molecule has 1 amide bonds. The number of rotatable bonds is 5. The molecule has 0 aromatic carbocycles. The maximum Gasteiger partial charge on any atom is 0.308 e. The van der Waals surface area contributed by atoms with Gasteiger partial charge in [0.25, 0.3) is 5.91 Å². The number of ketones is 1. The Bertz CT molecular complexity index is 476. The Morgan fingerprint density at radius 1 is 1.35 bits per heavy atom. The van der Waals surface area contributed by atoms with Crippen molar-refractivity contribution in [3.8, 4) is 0 Å². The van der Waals surface area contributed by atoms with E-state index in [-0.39, 0.29) is 22.6 Å². The number of likely N-dealkylation sites (N-methyl/N-ethyl adjacent to an activating group) is 1. The number of carboxylic acids is 1. The molecule has 1 atom stereocenters. The molecule has 1 aliphatic heterocycles. The second kappa shape index (κ2) is 5.99. The normalized spacial score (nSPS) is 19.8. The van der Waals surface area contributed by atoms with E-state index >= 15 is 0 Å². The lowest BCUT2D eigenvalue weighted by atomic mass is 9.84. The van der Waals surface area contributed by atoms with E-state index in [9.17, 15) is 14.4 Å². The number of carbonyl (C=O) groups is 3. The monoisotopic (exact) mass is 299 g/mol. The number of thioether (sulfide) groups is 1. The molecule has 0 radical (unpaired) electrons. The fourth-order valence-electron chi connectivity index (χ4n) is 2.23. The van der Waals surface area contributed by atoms with Gasteiger partial charge in [0.15, 0.2) is 5.78 Å². The van der Waals surface area contributed by atoms with Gasteiger partial charge in [-0.2, -0.15) is 0 Å². The summed E-state index contributed by atoms with van der Waals surface area (Å²) in [6.07, 6.45) is 1.42. The lowest BCUT2D eigenvalue weighted by Gasteiger charge is -2.26. The molecule has 0 aromatic heterocycles. The fraction of sp³-hybridized carbons (Fsp3) is 0.643. The first-order chi connectivity index (χ1) is 9.15. The molecular weight excluding hydrogens is 278 g/mol. The van der Waals surface area contributed by atoms with Crippen molar-refractivity contribution in [2.45, 2.75) is 39.5 Å². The standard InChI is InChI=1S/C14H21NO4S/c1-6-15-12(19)8(7-9(16)17)10(13(15)20-5)11(18)14(2,3)4/h13H,6-7H2,1-5H3,(H,16,17). The number of carbonyl (C=O) groups excluding carboxylic acids is 2. The van der Waals surface area contributed by atoms with Crippen LogP contribution in [0.15, 0.2) is 11.1 Å². The average Bonchev–Trinajstić information content (AvgIpc) is 2.59. The highest BCUT2D eigenvalue weighted by Crippen LogP contribution is 2.37. The Morgan fingerprint density at radius 2 is 1.90 bits per heavy atom. The zero-order valence-corrected chi connectivity index (χ0v) is 13.3. The van der Waals surface area contributed by atoms with Gasteiger partial charge in [-0.1, -0.05) is 20.8 Å². The molecule has 6 heteroatoms. The molecule has 0 aromatic rings. The molecule has 20 heavy (non-hydrogen) atoms. The van der Waals surface area contributed by atoms with Gasteiger partial charge in [-0.3, -0.25) is 14.4 Å². The summed E-state index contributed by atoms with van der Waals surface area (Å²) >= 11 is 1.39. The summed E-state index contributed by atoms with van der Waals surface area (Å²) in [6, 6.07) is 0. The Kier molecular flexibility index (Phi) is 5.02. The Morgan fingerprint density at radius 3 is 2.25 bits per heavy atom. The zero-order valence-electron chi connectivity index (χ0n) is 12.5. The van der Waals surface area contributed by atoms with E-state index in [0.717, 1.165) is 0 Å². The van der Waals surface area contributed by atoms with Crippen LogP contribution in [-0.4, -0.2) is 45.8 Å². The topological polar surface area (TPSA) is 74.7 Å². The van der Waals surface area contributed by atoms with Gasteiger partial charge in [0.1, 0.15) is 5.37 Å². The van der Waals surface area contributed by atoms with Crippen LogP contribution in [-0.2, 0) is 14.4 Å². The van der Waals surface area contributed by atoms with E-state index in [0.29, 0.717) is 12.1 Å². The fourth-order valence-corrected chi connectivity index (χ4v) is 3.21. The largest absolute Gasteiger partial charge is 0.481 e. The molecule has 1 heterocycles. The number of hydrogen-bond acceptors (Lipinski definition) is 4. The molecule has 1 unspecified atom stereocenters. The van der Waals surface area contributed by atoms with E-state index in [1.807, 2.05) is 13.2 Å². The number of Topliss-reactive ketones (excluding diaryl/α,β-unsaturated/α-hetero) is 1. The number of carboxylic acid groups (broad SMARTS) is 1. The molecule has 5 nitrogen and oxygen atoms in total. The molecule has 0 spiro atoms. The van der Waals surface area contributed by atoms with Crippen molar-refractivity contribution in [2.24, 2.45) is 5.41 Å².